The van der Waals surface area contributed by atoms with Gasteiger partial charge in [-0.15, -0.1) is 0 Å². The molecule has 20 heavy (non-hydrogen) atoms. The summed E-state index contributed by atoms with van der Waals surface area (Å²) in [4.78, 5) is 13.7. The number of hydrogen-bond acceptors (Lipinski definition) is 3. The summed E-state index contributed by atoms with van der Waals surface area (Å²) in [6.07, 6.45) is 1.80. The van der Waals surface area contributed by atoms with Gasteiger partial charge in [0.2, 0.25) is 5.91 Å². The molecule has 1 aromatic rings. The van der Waals surface area contributed by atoms with Crippen LogP contribution in [0.4, 0.5) is 0 Å². The van der Waals surface area contributed by atoms with E-state index in [9.17, 15) is 4.79 Å². The molecule has 0 aromatic heterocycles. The zero-order chi connectivity index (χ0) is 14.5. The number of primary amides is 1. The second-order valence-corrected chi connectivity index (χ2v) is 5.88. The first-order chi connectivity index (χ1) is 9.56. The van der Waals surface area contributed by atoms with Gasteiger partial charge in [-0.3, -0.25) is 9.69 Å². The third-order valence-corrected chi connectivity index (χ3v) is 3.73. The molecule has 2 rings (SSSR count). The van der Waals surface area contributed by atoms with Crippen LogP contribution in [0.1, 0.15) is 26.7 Å². The summed E-state index contributed by atoms with van der Waals surface area (Å²) in [7, 11) is 0. The molecule has 4 nitrogen and oxygen atoms in total. The normalized spacial score (nSPS) is 23.1. The standard InChI is InChI=1S/C16H24N2O2/c1-12(2)8-9-18-11-14(10-15(18)16(17)19)20-13-6-4-3-5-7-13/h3-7,12,14-15H,8-11H2,1-2H3,(H2,17,19)/t14-,15-/m0/s1. The van der Waals surface area contributed by atoms with Crippen LogP contribution >= 0.6 is 0 Å². The topological polar surface area (TPSA) is 55.6 Å². The summed E-state index contributed by atoms with van der Waals surface area (Å²) in [5, 5.41) is 0. The number of hydrogen-bond donors (Lipinski definition) is 1. The maximum absolute atomic E-state index is 11.6. The molecule has 0 saturated carbocycles. The molecule has 1 saturated heterocycles. The number of carbonyl (C=O) groups is 1. The SMILES string of the molecule is CC(C)CCN1C[C@@H](Oc2ccccc2)C[C@H]1C(N)=O. The molecule has 0 unspecified atom stereocenters. The highest BCUT2D eigenvalue weighted by Crippen LogP contribution is 2.23. The first-order valence-electron chi connectivity index (χ1n) is 7.31. The van der Waals surface area contributed by atoms with Gasteiger partial charge in [-0.05, 0) is 31.0 Å². The summed E-state index contributed by atoms with van der Waals surface area (Å²) in [6.45, 7) is 6.05. The van der Waals surface area contributed by atoms with Gasteiger partial charge in [-0.25, -0.2) is 0 Å². The summed E-state index contributed by atoms with van der Waals surface area (Å²) in [5.74, 6) is 1.23. The highest BCUT2D eigenvalue weighted by molar-refractivity contribution is 5.80. The Hall–Kier alpha value is -1.55. The fourth-order valence-corrected chi connectivity index (χ4v) is 2.61. The number of likely N-dealkylation sites (tertiary alicyclic amines) is 1. The molecule has 0 radical (unpaired) electrons. The molecule has 0 aliphatic carbocycles. The third kappa shape index (κ3) is 3.97. The molecule has 1 aliphatic rings. The average molecular weight is 276 g/mol. The minimum Gasteiger partial charge on any atom is -0.489 e. The Morgan fingerprint density at radius 2 is 2.10 bits per heavy atom. The molecule has 1 amide bonds. The second kappa shape index (κ2) is 6.75. The van der Waals surface area contributed by atoms with Gasteiger partial charge in [0.25, 0.3) is 0 Å². The second-order valence-electron chi connectivity index (χ2n) is 5.88. The highest BCUT2D eigenvalue weighted by atomic mass is 16.5. The van der Waals surface area contributed by atoms with E-state index in [1.807, 2.05) is 30.3 Å². The number of nitrogens with zero attached hydrogens (tertiary/aromatic N) is 1. The third-order valence-electron chi connectivity index (χ3n) is 3.73. The quantitative estimate of drug-likeness (QED) is 0.865. The zero-order valence-electron chi connectivity index (χ0n) is 12.3. The minimum absolute atomic E-state index is 0.0436. The van der Waals surface area contributed by atoms with Crippen molar-refractivity contribution in [3.05, 3.63) is 30.3 Å². The van der Waals surface area contributed by atoms with Crippen LogP contribution in [0.2, 0.25) is 0 Å². The maximum atomic E-state index is 11.6. The lowest BCUT2D eigenvalue weighted by molar-refractivity contribution is -0.122. The van der Waals surface area contributed by atoms with Gasteiger partial charge in [-0.1, -0.05) is 32.0 Å². The van der Waals surface area contributed by atoms with Crippen LogP contribution < -0.4 is 10.5 Å². The van der Waals surface area contributed by atoms with E-state index in [2.05, 4.69) is 18.7 Å². The first kappa shape index (κ1) is 14.9. The average Bonchev–Trinajstić information content (AvgIpc) is 2.81. The van der Waals surface area contributed by atoms with Crippen LogP contribution in [-0.2, 0) is 4.79 Å². The van der Waals surface area contributed by atoms with E-state index < -0.39 is 0 Å². The lowest BCUT2D eigenvalue weighted by Gasteiger charge is -2.22. The summed E-state index contributed by atoms with van der Waals surface area (Å²) >= 11 is 0. The van der Waals surface area contributed by atoms with Gasteiger partial charge in [0.15, 0.2) is 0 Å². The Labute approximate surface area is 120 Å². The Morgan fingerprint density at radius 3 is 2.70 bits per heavy atom. The van der Waals surface area contributed by atoms with Crippen LogP contribution in [0.3, 0.4) is 0 Å². The Morgan fingerprint density at radius 1 is 1.40 bits per heavy atom. The molecule has 0 spiro atoms. The predicted molar refractivity (Wildman–Crippen MR) is 79.5 cm³/mol. The summed E-state index contributed by atoms with van der Waals surface area (Å²) < 4.78 is 5.94. The number of ether oxygens (including phenoxy) is 1. The van der Waals surface area contributed by atoms with Crippen molar-refractivity contribution in [2.75, 3.05) is 13.1 Å². The lowest BCUT2D eigenvalue weighted by Crippen LogP contribution is -2.40. The molecular weight excluding hydrogens is 252 g/mol. The van der Waals surface area contributed by atoms with Crippen LogP contribution in [0.15, 0.2) is 30.3 Å². The van der Waals surface area contributed by atoms with Crippen LogP contribution in [0.25, 0.3) is 0 Å². The van der Waals surface area contributed by atoms with Gasteiger partial charge in [0.1, 0.15) is 11.9 Å². The van der Waals surface area contributed by atoms with Crippen molar-refractivity contribution < 1.29 is 9.53 Å². The molecule has 110 valence electrons. The molecule has 2 atom stereocenters. The van der Waals surface area contributed by atoms with Gasteiger partial charge in [0, 0.05) is 13.0 Å². The lowest BCUT2D eigenvalue weighted by atomic mass is 10.1. The van der Waals surface area contributed by atoms with E-state index in [4.69, 9.17) is 10.5 Å². The fourth-order valence-electron chi connectivity index (χ4n) is 2.61. The Balaban J connectivity index is 1.95. The van der Waals surface area contributed by atoms with Crippen molar-refractivity contribution in [1.82, 2.24) is 4.90 Å². The number of benzene rings is 1. The van der Waals surface area contributed by atoms with E-state index in [-0.39, 0.29) is 18.1 Å². The van der Waals surface area contributed by atoms with E-state index in [0.29, 0.717) is 12.3 Å². The van der Waals surface area contributed by atoms with Gasteiger partial charge < -0.3 is 10.5 Å². The largest absolute Gasteiger partial charge is 0.489 e. The Kier molecular flexibility index (Phi) is 5.01. The summed E-state index contributed by atoms with van der Waals surface area (Å²) in [6, 6.07) is 9.55. The van der Waals surface area contributed by atoms with Crippen molar-refractivity contribution >= 4 is 5.91 Å². The summed E-state index contributed by atoms with van der Waals surface area (Å²) in [5.41, 5.74) is 5.51. The van der Waals surface area contributed by atoms with E-state index in [1.54, 1.807) is 0 Å². The van der Waals surface area contributed by atoms with E-state index >= 15 is 0 Å². The van der Waals surface area contributed by atoms with Gasteiger partial charge in [0.05, 0.1) is 6.04 Å². The van der Waals surface area contributed by atoms with Gasteiger partial charge in [-0.2, -0.15) is 0 Å². The highest BCUT2D eigenvalue weighted by Gasteiger charge is 2.36. The minimum atomic E-state index is -0.243. The molecule has 1 aromatic carbocycles. The number of amides is 1. The molecule has 1 heterocycles. The monoisotopic (exact) mass is 276 g/mol. The number of para-hydroxylation sites is 1. The van der Waals surface area contributed by atoms with E-state index in [1.165, 1.54) is 0 Å². The molecule has 1 fully saturated rings. The molecular formula is C16H24N2O2. The maximum Gasteiger partial charge on any atom is 0.234 e. The van der Waals surface area contributed by atoms with Crippen LogP contribution in [0, 0.1) is 5.92 Å². The number of carbonyl (C=O) groups excluding carboxylic acids is 1. The van der Waals surface area contributed by atoms with E-state index in [0.717, 1.165) is 25.3 Å². The number of nitrogens with two attached hydrogens (primary N) is 1. The fraction of sp³-hybridized carbons (Fsp3) is 0.562. The molecule has 0 bridgehead atoms. The zero-order valence-corrected chi connectivity index (χ0v) is 12.3. The van der Waals surface area contributed by atoms with Crippen molar-refractivity contribution in [3.63, 3.8) is 0 Å². The molecule has 4 heteroatoms. The first-order valence-corrected chi connectivity index (χ1v) is 7.31. The van der Waals surface area contributed by atoms with Crippen molar-refractivity contribution in [2.45, 2.75) is 38.8 Å². The predicted octanol–water partition coefficient (Wildman–Crippen LogP) is 2.04. The van der Waals surface area contributed by atoms with Gasteiger partial charge >= 0.3 is 0 Å². The molecule has 2 N–H and O–H groups in total. The smallest absolute Gasteiger partial charge is 0.234 e. The van der Waals surface area contributed by atoms with Crippen LogP contribution in [0.5, 0.6) is 5.75 Å². The number of rotatable bonds is 6. The van der Waals surface area contributed by atoms with Crippen molar-refractivity contribution in [1.29, 1.82) is 0 Å². The van der Waals surface area contributed by atoms with Crippen molar-refractivity contribution in [2.24, 2.45) is 11.7 Å². The van der Waals surface area contributed by atoms with Crippen LogP contribution in [-0.4, -0.2) is 36.0 Å². The molecule has 1 aliphatic heterocycles. The van der Waals surface area contributed by atoms with Crippen molar-refractivity contribution in [3.8, 4) is 5.75 Å². The Bertz CT molecular complexity index is 433.